The van der Waals surface area contributed by atoms with Crippen LogP contribution >= 0.6 is 0 Å². The number of likely N-dealkylation sites (N-methyl/N-ethyl adjacent to an activating group) is 1. The van der Waals surface area contributed by atoms with Gasteiger partial charge in [0.05, 0.1) is 58.5 Å². The van der Waals surface area contributed by atoms with Gasteiger partial charge in [0.25, 0.3) is 0 Å². The first-order valence-electron chi connectivity index (χ1n) is 23.9. The fourth-order valence-corrected chi connectivity index (χ4v) is 7.62. The Morgan fingerprint density at radius 2 is 1.59 bits per heavy atom. The number of aromatic amines is 1. The molecule has 1 atom stereocenters. The normalized spacial score (nSPS) is 13.1. The highest BCUT2D eigenvalue weighted by Gasteiger charge is 2.41. The summed E-state index contributed by atoms with van der Waals surface area (Å²) in [5.74, 6) is 1.38. The van der Waals surface area contributed by atoms with Crippen molar-refractivity contribution in [1.82, 2.24) is 35.1 Å². The molecule has 0 bridgehead atoms. The predicted octanol–water partition coefficient (Wildman–Crippen LogP) is 7.34. The van der Waals surface area contributed by atoms with Crippen LogP contribution < -0.4 is 20.1 Å². The van der Waals surface area contributed by atoms with Gasteiger partial charge in [-0.05, 0) is 122 Å². The first-order chi connectivity index (χ1) is 33.3. The number of nitrogens with zero attached hydrogens (tertiary/aromatic N) is 5. The second-order valence-electron chi connectivity index (χ2n) is 16.8. The molecule has 0 saturated heterocycles. The second-order valence-corrected chi connectivity index (χ2v) is 16.8. The Morgan fingerprint density at radius 1 is 0.853 bits per heavy atom. The fraction of sp³-hybridized carbons (Fsp3) is 0.434. The van der Waals surface area contributed by atoms with E-state index in [9.17, 15) is 9.59 Å². The van der Waals surface area contributed by atoms with Crippen molar-refractivity contribution < 1.29 is 33.3 Å². The number of unbranched alkanes of at least 4 members (excludes halogenated alkanes) is 1. The van der Waals surface area contributed by atoms with Crippen molar-refractivity contribution in [3.8, 4) is 11.5 Å². The first-order valence-corrected chi connectivity index (χ1v) is 23.9. The average molecular weight is 931 g/mol. The molecule has 2 aromatic heterocycles. The lowest BCUT2D eigenvalue weighted by Crippen LogP contribution is -2.45. The predicted molar refractivity (Wildman–Crippen MR) is 267 cm³/mol. The Bertz CT molecular complexity index is 2320. The number of aromatic nitrogens is 4. The molecule has 68 heavy (non-hydrogen) atoms. The summed E-state index contributed by atoms with van der Waals surface area (Å²) in [4.78, 5) is 35.3. The van der Waals surface area contributed by atoms with Gasteiger partial charge in [0, 0.05) is 62.6 Å². The summed E-state index contributed by atoms with van der Waals surface area (Å²) in [5, 5.41) is 15.6. The maximum absolute atomic E-state index is 14.0. The number of nitrogens with one attached hydrogen (secondary N) is 3. The van der Waals surface area contributed by atoms with Crippen molar-refractivity contribution in [2.24, 2.45) is 0 Å². The molecule has 3 aromatic carbocycles. The van der Waals surface area contributed by atoms with Gasteiger partial charge in [0.2, 0.25) is 11.8 Å². The van der Waals surface area contributed by atoms with E-state index in [1.165, 1.54) is 0 Å². The van der Waals surface area contributed by atoms with Crippen molar-refractivity contribution in [3.05, 3.63) is 139 Å². The van der Waals surface area contributed by atoms with E-state index in [-0.39, 0.29) is 17.9 Å². The van der Waals surface area contributed by atoms with Gasteiger partial charge >= 0.3 is 0 Å². The molecule has 15 heteroatoms. The quantitative estimate of drug-likeness (QED) is 0.0280. The zero-order chi connectivity index (χ0) is 47.8. The highest BCUT2D eigenvalue weighted by Crippen LogP contribution is 2.36. The highest BCUT2D eigenvalue weighted by molar-refractivity contribution is 5.91. The number of aryl methyl sites for hydroxylation is 1. The number of hydrogen-bond acceptors (Lipinski definition) is 11. The first kappa shape index (κ1) is 51.1. The summed E-state index contributed by atoms with van der Waals surface area (Å²) in [7, 11) is 3.99. The van der Waals surface area contributed by atoms with E-state index in [1.807, 2.05) is 103 Å². The molecule has 1 saturated carbocycles. The van der Waals surface area contributed by atoms with E-state index < -0.39 is 6.04 Å². The number of hydrogen-bond donors (Lipinski definition) is 3. The third-order valence-corrected chi connectivity index (χ3v) is 11.6. The SMILES string of the molecule is C=C/C=C(\C=C)CNC(=O)C(c1ccc2[nH]ccc2c1)N(C(=O)CCc1ccc(OCCCCN(C)CCOCCOCCc2cn(CCOCCOc3ccc(NC)cc3)nn2)cc1)C1CC1. The van der Waals surface area contributed by atoms with Gasteiger partial charge in [0.15, 0.2) is 0 Å². The summed E-state index contributed by atoms with van der Waals surface area (Å²) < 4.78 is 30.8. The molecule has 5 aromatic rings. The average Bonchev–Trinajstić information content (AvgIpc) is 3.90. The number of anilines is 1. The van der Waals surface area contributed by atoms with Crippen LogP contribution in [0.3, 0.4) is 0 Å². The standard InChI is InChI=1S/C53H70N8O7/c1-5-9-41(6-2)39-56-53(63)52(44-13-22-50-43(38-44)24-26-55-50)61(47-16-17-47)51(62)23-12-42-10-18-48(19-11-42)67-30-8-7-27-59(4)28-32-65-35-34-64-31-25-46-40-60(58-57-46)29-33-66-36-37-68-49-20-14-45(54-3)15-21-49/h5-6,9-11,13-15,18-22,24,26,38,40,47,52,54-55H,1-2,7-8,12,16-17,23,25,27-37,39H2,3-4H3,(H,56,63)/b41-9+. The molecule has 2 heterocycles. The minimum absolute atomic E-state index is 0.0274. The maximum Gasteiger partial charge on any atom is 0.247 e. The molecule has 15 nitrogen and oxygen atoms in total. The van der Waals surface area contributed by atoms with Gasteiger partial charge in [-0.25, -0.2) is 4.68 Å². The second kappa shape index (κ2) is 28.2. The van der Waals surface area contributed by atoms with E-state index in [0.717, 1.165) is 89.3 Å². The number of carbonyl (C=O) groups is 2. The van der Waals surface area contributed by atoms with Crippen LogP contribution in [-0.4, -0.2) is 134 Å². The Balaban J connectivity index is 0.792. The minimum Gasteiger partial charge on any atom is -0.494 e. The number of carbonyl (C=O) groups excluding carboxylic acids is 2. The lowest BCUT2D eigenvalue weighted by atomic mass is 10.0. The zero-order valence-electron chi connectivity index (χ0n) is 39.9. The molecule has 364 valence electrons. The van der Waals surface area contributed by atoms with Crippen LogP contribution in [0, 0.1) is 0 Å². The van der Waals surface area contributed by atoms with Crippen LogP contribution in [0.4, 0.5) is 5.69 Å². The molecule has 2 amide bonds. The van der Waals surface area contributed by atoms with E-state index >= 15 is 0 Å². The van der Waals surface area contributed by atoms with Crippen LogP contribution in [0.15, 0.2) is 122 Å². The summed E-state index contributed by atoms with van der Waals surface area (Å²) in [5.41, 5.74) is 5.58. The van der Waals surface area contributed by atoms with E-state index in [4.69, 9.17) is 23.7 Å². The fourth-order valence-electron chi connectivity index (χ4n) is 7.62. The number of ether oxygens (including phenoxy) is 5. The molecule has 1 aliphatic rings. The topological polar surface area (TPSA) is 157 Å². The zero-order valence-corrected chi connectivity index (χ0v) is 39.9. The Kier molecular flexibility index (Phi) is 21.2. The monoisotopic (exact) mass is 931 g/mol. The Hall–Kier alpha value is -6.26. The molecule has 1 unspecified atom stereocenters. The van der Waals surface area contributed by atoms with Gasteiger partial charge in [-0.1, -0.05) is 54.8 Å². The molecule has 6 rings (SSSR count). The smallest absolute Gasteiger partial charge is 0.247 e. The van der Waals surface area contributed by atoms with Gasteiger partial charge in [-0.15, -0.1) is 5.10 Å². The van der Waals surface area contributed by atoms with Crippen LogP contribution in [0.25, 0.3) is 10.9 Å². The largest absolute Gasteiger partial charge is 0.494 e. The van der Waals surface area contributed by atoms with Gasteiger partial charge in [-0.2, -0.15) is 0 Å². The number of allylic oxidation sites excluding steroid dienone is 2. The van der Waals surface area contributed by atoms with Crippen molar-refractivity contribution in [2.45, 2.75) is 63.6 Å². The number of amides is 2. The van der Waals surface area contributed by atoms with Crippen LogP contribution in [0.1, 0.15) is 55.0 Å². The van der Waals surface area contributed by atoms with E-state index in [1.54, 1.807) is 16.8 Å². The summed E-state index contributed by atoms with van der Waals surface area (Å²) in [6, 6.07) is 23.0. The number of fused-ring (bicyclic) bond motifs is 1. The van der Waals surface area contributed by atoms with Crippen molar-refractivity contribution in [2.75, 3.05) is 91.9 Å². The molecule has 1 aliphatic carbocycles. The number of rotatable bonds is 34. The summed E-state index contributed by atoms with van der Waals surface area (Å²) >= 11 is 0. The molecule has 1 fully saturated rings. The minimum atomic E-state index is -0.749. The third-order valence-electron chi connectivity index (χ3n) is 11.6. The summed E-state index contributed by atoms with van der Waals surface area (Å²) in [6.07, 6.45) is 14.2. The van der Waals surface area contributed by atoms with Crippen LogP contribution in [0.5, 0.6) is 11.5 Å². The molecule has 3 N–H and O–H groups in total. The number of benzene rings is 3. The summed E-state index contributed by atoms with van der Waals surface area (Å²) in [6.45, 7) is 14.7. The molecule has 0 aliphatic heterocycles. The maximum atomic E-state index is 14.0. The van der Waals surface area contributed by atoms with E-state index in [0.29, 0.717) is 85.2 Å². The van der Waals surface area contributed by atoms with Gasteiger partial charge < -0.3 is 49.1 Å². The Labute approximate surface area is 401 Å². The van der Waals surface area contributed by atoms with Gasteiger partial charge in [0.1, 0.15) is 24.1 Å². The molecule has 0 radical (unpaired) electrons. The van der Waals surface area contributed by atoms with Crippen molar-refractivity contribution >= 4 is 28.4 Å². The molecular formula is C53H70N8O7. The van der Waals surface area contributed by atoms with Crippen molar-refractivity contribution in [3.63, 3.8) is 0 Å². The van der Waals surface area contributed by atoms with Crippen molar-refractivity contribution in [1.29, 1.82) is 0 Å². The Morgan fingerprint density at radius 3 is 2.34 bits per heavy atom. The lowest BCUT2D eigenvalue weighted by molar-refractivity contribution is -0.141. The van der Waals surface area contributed by atoms with Gasteiger partial charge in [-0.3, -0.25) is 9.59 Å². The molecular weight excluding hydrogens is 861 g/mol. The lowest BCUT2D eigenvalue weighted by Gasteiger charge is -2.32. The molecule has 0 spiro atoms. The van der Waals surface area contributed by atoms with E-state index in [2.05, 4.69) is 51.0 Å². The highest BCUT2D eigenvalue weighted by atomic mass is 16.5. The van der Waals surface area contributed by atoms with Crippen LogP contribution in [-0.2, 0) is 43.2 Å². The van der Waals surface area contributed by atoms with Crippen LogP contribution in [0.2, 0.25) is 0 Å². The third kappa shape index (κ3) is 17.1. The number of H-pyrrole nitrogens is 1.